The molecule has 16 heavy (non-hydrogen) atoms. The van der Waals surface area contributed by atoms with Gasteiger partial charge in [-0.2, -0.15) is 0 Å². The molecule has 0 saturated heterocycles. The summed E-state index contributed by atoms with van der Waals surface area (Å²) in [6.45, 7) is 7.11. The highest BCUT2D eigenvalue weighted by Gasteiger charge is 2.20. The molecule has 4 heteroatoms. The summed E-state index contributed by atoms with van der Waals surface area (Å²) < 4.78 is 1.59. The van der Waals surface area contributed by atoms with Crippen LogP contribution in [0.5, 0.6) is 0 Å². The number of hydrogen-bond donors (Lipinski definition) is 1. The lowest BCUT2D eigenvalue weighted by Crippen LogP contribution is -2.25. The van der Waals surface area contributed by atoms with Gasteiger partial charge in [0.1, 0.15) is 0 Å². The maximum Gasteiger partial charge on any atom is 0.253 e. The van der Waals surface area contributed by atoms with E-state index in [0.29, 0.717) is 12.6 Å². The third kappa shape index (κ3) is 3.03. The molecule has 0 spiro atoms. The molecule has 4 nitrogen and oxygen atoms in total. The van der Waals surface area contributed by atoms with Crippen LogP contribution in [0, 0.1) is 6.92 Å². The van der Waals surface area contributed by atoms with Crippen molar-refractivity contribution < 1.29 is 0 Å². The largest absolute Gasteiger partial charge is 0.310 e. The van der Waals surface area contributed by atoms with Crippen molar-refractivity contribution in [2.24, 2.45) is 0 Å². The van der Waals surface area contributed by atoms with Gasteiger partial charge >= 0.3 is 0 Å². The number of nitrogens with zero attached hydrogens (tertiary/aromatic N) is 2. The van der Waals surface area contributed by atoms with Gasteiger partial charge < -0.3 is 5.32 Å². The molecule has 2 rings (SSSR count). The van der Waals surface area contributed by atoms with Crippen LogP contribution in [-0.4, -0.2) is 22.1 Å². The summed E-state index contributed by atoms with van der Waals surface area (Å²) in [4.78, 5) is 15.7. The monoisotopic (exact) mass is 219 g/mol. The molecule has 1 aromatic rings. The van der Waals surface area contributed by atoms with E-state index in [1.165, 1.54) is 12.8 Å². The molecule has 0 atom stereocenters. The van der Waals surface area contributed by atoms with Crippen LogP contribution >= 0.6 is 0 Å². The van der Waals surface area contributed by atoms with Crippen molar-refractivity contribution in [3.63, 3.8) is 0 Å². The van der Waals surface area contributed by atoms with Gasteiger partial charge in [-0.05, 0) is 25.3 Å². The number of nitrogens with one attached hydrogen (secondary N) is 1. The van der Waals surface area contributed by atoms with Crippen LogP contribution < -0.4 is 10.9 Å². The predicted molar refractivity (Wildman–Crippen MR) is 63.4 cm³/mol. The maximum absolute atomic E-state index is 11.6. The molecule has 1 fully saturated rings. The van der Waals surface area contributed by atoms with Crippen molar-refractivity contribution >= 4 is 0 Å². The third-order valence-electron chi connectivity index (χ3n) is 2.63. The maximum atomic E-state index is 11.6. The number of aryl methyl sites for hydroxylation is 1. The number of hydrogen-bond acceptors (Lipinski definition) is 3. The summed E-state index contributed by atoms with van der Waals surface area (Å²) in [7, 11) is 0. The molecule has 0 bridgehead atoms. The minimum absolute atomic E-state index is 0.0138. The van der Waals surface area contributed by atoms with E-state index in [-0.39, 0.29) is 5.56 Å². The second kappa shape index (κ2) is 4.61. The van der Waals surface area contributed by atoms with Crippen molar-refractivity contribution in [1.82, 2.24) is 14.9 Å². The molecule has 0 amide bonds. The standard InChI is InChI=1S/C12H17N3O/c1-9(6-13-11-3-4-11)7-15-8-14-10(2)5-12(15)16/h5,8,11,13H,1,3-4,6-7H2,2H3. The zero-order valence-corrected chi connectivity index (χ0v) is 9.57. The second-order valence-electron chi connectivity index (χ2n) is 4.40. The Kier molecular flexibility index (Phi) is 3.19. The molecule has 1 aliphatic carbocycles. The fourth-order valence-electron chi connectivity index (χ4n) is 1.51. The van der Waals surface area contributed by atoms with Crippen LogP contribution in [-0.2, 0) is 6.54 Å². The van der Waals surface area contributed by atoms with Crippen LogP contribution in [0.25, 0.3) is 0 Å². The summed E-state index contributed by atoms with van der Waals surface area (Å²) in [5, 5.41) is 3.37. The molecule has 0 aliphatic heterocycles. The lowest BCUT2D eigenvalue weighted by Gasteiger charge is -2.09. The molecule has 1 saturated carbocycles. The molecule has 1 aliphatic rings. The van der Waals surface area contributed by atoms with E-state index in [2.05, 4.69) is 16.9 Å². The highest BCUT2D eigenvalue weighted by molar-refractivity contribution is 5.02. The van der Waals surface area contributed by atoms with Gasteiger partial charge in [-0.25, -0.2) is 4.98 Å². The Labute approximate surface area is 95.0 Å². The summed E-state index contributed by atoms with van der Waals surface area (Å²) in [6, 6.07) is 2.21. The van der Waals surface area contributed by atoms with Gasteiger partial charge in [0.25, 0.3) is 5.56 Å². The van der Waals surface area contributed by atoms with Crippen LogP contribution in [0.1, 0.15) is 18.5 Å². The highest BCUT2D eigenvalue weighted by Crippen LogP contribution is 2.18. The Morgan fingerprint density at radius 2 is 2.44 bits per heavy atom. The lowest BCUT2D eigenvalue weighted by atomic mass is 10.3. The van der Waals surface area contributed by atoms with Crippen LogP contribution in [0.15, 0.2) is 29.3 Å². The van der Waals surface area contributed by atoms with E-state index in [4.69, 9.17) is 0 Å². The van der Waals surface area contributed by atoms with Crippen LogP contribution in [0.3, 0.4) is 0 Å². The molecule has 0 aromatic carbocycles. The van der Waals surface area contributed by atoms with Crippen LogP contribution in [0.2, 0.25) is 0 Å². The van der Waals surface area contributed by atoms with Crippen molar-refractivity contribution in [3.05, 3.63) is 40.6 Å². The first-order valence-corrected chi connectivity index (χ1v) is 5.58. The van der Waals surface area contributed by atoms with Crippen LogP contribution in [0.4, 0.5) is 0 Å². The molecule has 1 N–H and O–H groups in total. The quantitative estimate of drug-likeness (QED) is 0.747. The predicted octanol–water partition coefficient (Wildman–Crippen LogP) is 0.860. The second-order valence-corrected chi connectivity index (χ2v) is 4.40. The Morgan fingerprint density at radius 3 is 3.06 bits per heavy atom. The van der Waals surface area contributed by atoms with Gasteiger partial charge in [0, 0.05) is 30.9 Å². The first kappa shape index (κ1) is 11.1. The summed E-state index contributed by atoms with van der Waals surface area (Å²) in [5.41, 5.74) is 1.75. The Hall–Kier alpha value is -1.42. The zero-order valence-electron chi connectivity index (χ0n) is 9.57. The highest BCUT2D eigenvalue weighted by atomic mass is 16.1. The van der Waals surface area contributed by atoms with E-state index in [0.717, 1.165) is 17.8 Å². The minimum Gasteiger partial charge on any atom is -0.310 e. The normalized spacial score (nSPS) is 15.1. The first-order valence-electron chi connectivity index (χ1n) is 5.58. The molecular formula is C12H17N3O. The fraction of sp³-hybridized carbons (Fsp3) is 0.500. The van der Waals surface area contributed by atoms with E-state index < -0.39 is 0 Å². The van der Waals surface area contributed by atoms with E-state index >= 15 is 0 Å². The smallest absolute Gasteiger partial charge is 0.253 e. The van der Waals surface area contributed by atoms with E-state index in [9.17, 15) is 4.79 Å². The van der Waals surface area contributed by atoms with E-state index in [1.807, 2.05) is 6.92 Å². The summed E-state index contributed by atoms with van der Waals surface area (Å²) >= 11 is 0. The van der Waals surface area contributed by atoms with Crippen molar-refractivity contribution in [1.29, 1.82) is 0 Å². The Bertz CT molecular complexity index is 446. The topological polar surface area (TPSA) is 46.9 Å². The SMILES string of the molecule is C=C(CNC1CC1)Cn1cnc(C)cc1=O. The van der Waals surface area contributed by atoms with Crippen molar-refractivity contribution in [2.75, 3.05) is 6.54 Å². The molecular weight excluding hydrogens is 202 g/mol. The Morgan fingerprint density at radius 1 is 1.69 bits per heavy atom. The molecule has 0 radical (unpaired) electrons. The van der Waals surface area contributed by atoms with E-state index in [1.54, 1.807) is 17.0 Å². The third-order valence-corrected chi connectivity index (χ3v) is 2.63. The zero-order chi connectivity index (χ0) is 11.5. The fourth-order valence-corrected chi connectivity index (χ4v) is 1.51. The lowest BCUT2D eigenvalue weighted by molar-refractivity contribution is 0.660. The van der Waals surface area contributed by atoms with Gasteiger partial charge in [-0.15, -0.1) is 0 Å². The van der Waals surface area contributed by atoms with Gasteiger partial charge in [0.05, 0.1) is 6.33 Å². The molecule has 1 heterocycles. The first-order chi connectivity index (χ1) is 7.65. The Balaban J connectivity index is 1.91. The number of aromatic nitrogens is 2. The number of rotatable bonds is 5. The molecule has 1 aromatic heterocycles. The summed E-state index contributed by atoms with van der Waals surface area (Å²) in [5.74, 6) is 0. The average Bonchev–Trinajstić information content (AvgIpc) is 3.03. The molecule has 0 unspecified atom stereocenters. The molecule has 86 valence electrons. The average molecular weight is 219 g/mol. The summed E-state index contributed by atoms with van der Waals surface area (Å²) in [6.07, 6.45) is 4.11. The van der Waals surface area contributed by atoms with Crippen molar-refractivity contribution in [2.45, 2.75) is 32.4 Å². The minimum atomic E-state index is -0.0138. The van der Waals surface area contributed by atoms with Gasteiger partial charge in [-0.3, -0.25) is 9.36 Å². The van der Waals surface area contributed by atoms with Crippen molar-refractivity contribution in [3.8, 4) is 0 Å². The van der Waals surface area contributed by atoms with Gasteiger partial charge in [0.15, 0.2) is 0 Å². The van der Waals surface area contributed by atoms with Gasteiger partial charge in [-0.1, -0.05) is 6.58 Å². The van der Waals surface area contributed by atoms with Gasteiger partial charge in [0.2, 0.25) is 0 Å².